The quantitative estimate of drug-likeness (QED) is 0.568. The zero-order chi connectivity index (χ0) is 16.8. The standard InChI is InChI=1S/C17H28O5/c1-3-4-9-17(2,22)10-5-6-12-13(7-8-16(20)21)15(19)11-14(12)18/h5-6,12-14,18,22H,3-4,7-11H2,1-2H3,(H,20,21)/b6-5+/t12-,13-,14-,17?/m1/s1. The van der Waals surface area contributed by atoms with Crippen LogP contribution in [0.15, 0.2) is 12.2 Å². The van der Waals surface area contributed by atoms with Crippen LogP contribution in [0.25, 0.3) is 0 Å². The molecule has 1 saturated carbocycles. The maximum Gasteiger partial charge on any atom is 0.303 e. The molecule has 0 bridgehead atoms. The summed E-state index contributed by atoms with van der Waals surface area (Å²) in [5, 5.41) is 29.0. The summed E-state index contributed by atoms with van der Waals surface area (Å²) < 4.78 is 0. The summed E-state index contributed by atoms with van der Waals surface area (Å²) in [6, 6.07) is 0. The number of carboxylic acid groups (broad SMARTS) is 1. The first-order valence-corrected chi connectivity index (χ1v) is 8.08. The lowest BCUT2D eigenvalue weighted by Gasteiger charge is -2.22. The zero-order valence-corrected chi connectivity index (χ0v) is 13.5. The number of ketones is 1. The van der Waals surface area contributed by atoms with E-state index in [4.69, 9.17) is 5.11 Å². The molecular weight excluding hydrogens is 284 g/mol. The van der Waals surface area contributed by atoms with Crippen LogP contribution in [0.3, 0.4) is 0 Å². The van der Waals surface area contributed by atoms with Crippen molar-refractivity contribution < 1.29 is 24.9 Å². The van der Waals surface area contributed by atoms with Gasteiger partial charge in [-0.1, -0.05) is 31.9 Å². The lowest BCUT2D eigenvalue weighted by Crippen LogP contribution is -2.23. The molecule has 5 nitrogen and oxygen atoms in total. The molecule has 4 atom stereocenters. The van der Waals surface area contributed by atoms with Crippen LogP contribution in [0.2, 0.25) is 0 Å². The van der Waals surface area contributed by atoms with Gasteiger partial charge in [-0.3, -0.25) is 9.59 Å². The third kappa shape index (κ3) is 5.89. The smallest absolute Gasteiger partial charge is 0.303 e. The van der Waals surface area contributed by atoms with Gasteiger partial charge in [0.25, 0.3) is 0 Å². The first-order chi connectivity index (χ1) is 10.3. The fourth-order valence-corrected chi connectivity index (χ4v) is 3.01. The summed E-state index contributed by atoms with van der Waals surface area (Å²) in [6.45, 7) is 3.85. The highest BCUT2D eigenvalue weighted by Gasteiger charge is 2.39. The fourth-order valence-electron chi connectivity index (χ4n) is 3.01. The summed E-state index contributed by atoms with van der Waals surface area (Å²) in [7, 11) is 0. The lowest BCUT2D eigenvalue weighted by atomic mass is 9.88. The first kappa shape index (κ1) is 18.8. The van der Waals surface area contributed by atoms with E-state index < -0.39 is 23.6 Å². The molecule has 0 heterocycles. The summed E-state index contributed by atoms with van der Waals surface area (Å²) in [5.41, 5.74) is -0.781. The highest BCUT2D eigenvalue weighted by atomic mass is 16.4. The van der Waals surface area contributed by atoms with Crippen molar-refractivity contribution in [2.24, 2.45) is 11.8 Å². The van der Waals surface area contributed by atoms with E-state index in [1.54, 1.807) is 13.0 Å². The second-order valence-corrected chi connectivity index (χ2v) is 6.59. The maximum atomic E-state index is 11.9. The van der Waals surface area contributed by atoms with Gasteiger partial charge in [-0.25, -0.2) is 0 Å². The van der Waals surface area contributed by atoms with E-state index in [1.165, 1.54) is 0 Å². The Bertz CT molecular complexity index is 413. The van der Waals surface area contributed by atoms with Gasteiger partial charge in [0.1, 0.15) is 5.78 Å². The molecule has 126 valence electrons. The van der Waals surface area contributed by atoms with Gasteiger partial charge >= 0.3 is 5.97 Å². The maximum absolute atomic E-state index is 11.9. The minimum atomic E-state index is -0.931. The fraction of sp³-hybridized carbons (Fsp3) is 0.765. The highest BCUT2D eigenvalue weighted by molar-refractivity contribution is 5.85. The molecule has 1 aliphatic carbocycles. The molecule has 22 heavy (non-hydrogen) atoms. The summed E-state index contributed by atoms with van der Waals surface area (Å²) in [6.07, 6.45) is 6.28. The number of carbonyl (C=O) groups excluding carboxylic acids is 1. The Kier molecular flexibility index (Phi) is 7.23. The molecule has 1 aliphatic rings. The molecule has 3 N–H and O–H groups in total. The molecule has 0 saturated heterocycles. The average molecular weight is 312 g/mol. The van der Waals surface area contributed by atoms with Crippen molar-refractivity contribution in [3.8, 4) is 0 Å². The van der Waals surface area contributed by atoms with Crippen molar-refractivity contribution in [1.29, 1.82) is 0 Å². The minimum absolute atomic E-state index is 0.0678. The van der Waals surface area contributed by atoms with Crippen LogP contribution >= 0.6 is 0 Å². The molecule has 0 aliphatic heterocycles. The van der Waals surface area contributed by atoms with Gasteiger partial charge in [0.05, 0.1) is 11.7 Å². The second kappa shape index (κ2) is 8.44. The van der Waals surface area contributed by atoms with E-state index >= 15 is 0 Å². The Hall–Kier alpha value is -1.20. The van der Waals surface area contributed by atoms with Gasteiger partial charge in [-0.2, -0.15) is 0 Å². The van der Waals surface area contributed by atoms with Crippen LogP contribution in [0.1, 0.15) is 58.8 Å². The largest absolute Gasteiger partial charge is 0.481 e. The molecule has 0 radical (unpaired) electrons. The van der Waals surface area contributed by atoms with Crippen molar-refractivity contribution in [2.45, 2.75) is 70.5 Å². The molecule has 0 aromatic heterocycles. The Balaban J connectivity index is 2.61. The number of hydrogen-bond donors (Lipinski definition) is 3. The molecule has 5 heteroatoms. The van der Waals surface area contributed by atoms with E-state index in [9.17, 15) is 19.8 Å². The number of aliphatic hydroxyl groups excluding tert-OH is 1. The lowest BCUT2D eigenvalue weighted by molar-refractivity contribution is -0.137. The molecule has 1 unspecified atom stereocenters. The number of carbonyl (C=O) groups is 2. The molecule has 0 aromatic rings. The highest BCUT2D eigenvalue weighted by Crippen LogP contribution is 2.34. The van der Waals surface area contributed by atoms with Crippen LogP contribution in [-0.2, 0) is 9.59 Å². The summed E-state index contributed by atoms with van der Waals surface area (Å²) >= 11 is 0. The van der Waals surface area contributed by atoms with Crippen LogP contribution < -0.4 is 0 Å². The third-order valence-corrected chi connectivity index (χ3v) is 4.39. The van der Waals surface area contributed by atoms with Crippen LogP contribution in [0, 0.1) is 11.8 Å². The Morgan fingerprint density at radius 3 is 2.73 bits per heavy atom. The van der Waals surface area contributed by atoms with Crippen LogP contribution in [-0.4, -0.2) is 38.8 Å². The number of aliphatic hydroxyl groups is 2. The number of Topliss-reactive ketones (excluding diaryl/α,β-unsaturated/α-hetero) is 1. The number of aliphatic carboxylic acids is 1. The average Bonchev–Trinajstić information content (AvgIpc) is 2.68. The predicted molar refractivity (Wildman–Crippen MR) is 83.4 cm³/mol. The minimum Gasteiger partial charge on any atom is -0.481 e. The first-order valence-electron chi connectivity index (χ1n) is 8.08. The predicted octanol–water partition coefficient (Wildman–Crippen LogP) is 2.30. The van der Waals surface area contributed by atoms with Crippen LogP contribution in [0.5, 0.6) is 0 Å². The van der Waals surface area contributed by atoms with E-state index in [1.807, 2.05) is 6.08 Å². The molecule has 0 amide bonds. The van der Waals surface area contributed by atoms with E-state index in [2.05, 4.69) is 6.92 Å². The number of hydrogen-bond acceptors (Lipinski definition) is 4. The number of carboxylic acids is 1. The van der Waals surface area contributed by atoms with Gasteiger partial charge in [0.2, 0.25) is 0 Å². The number of rotatable bonds is 9. The van der Waals surface area contributed by atoms with Crippen molar-refractivity contribution in [2.75, 3.05) is 0 Å². The second-order valence-electron chi connectivity index (χ2n) is 6.59. The summed E-state index contributed by atoms with van der Waals surface area (Å²) in [4.78, 5) is 22.5. The van der Waals surface area contributed by atoms with Gasteiger partial charge < -0.3 is 15.3 Å². The van der Waals surface area contributed by atoms with Gasteiger partial charge in [-0.05, 0) is 26.2 Å². The molecule has 0 aromatic carbocycles. The van der Waals surface area contributed by atoms with Crippen molar-refractivity contribution in [1.82, 2.24) is 0 Å². The van der Waals surface area contributed by atoms with Gasteiger partial charge in [0.15, 0.2) is 0 Å². The van der Waals surface area contributed by atoms with Gasteiger partial charge in [-0.15, -0.1) is 0 Å². The van der Waals surface area contributed by atoms with Crippen molar-refractivity contribution >= 4 is 11.8 Å². The van der Waals surface area contributed by atoms with Crippen molar-refractivity contribution in [3.05, 3.63) is 12.2 Å². The van der Waals surface area contributed by atoms with Crippen molar-refractivity contribution in [3.63, 3.8) is 0 Å². The Labute approximate surface area is 132 Å². The molecule has 1 rings (SSSR count). The normalized spacial score (nSPS) is 28.2. The third-order valence-electron chi connectivity index (χ3n) is 4.39. The summed E-state index contributed by atoms with van der Waals surface area (Å²) in [5.74, 6) is -1.77. The van der Waals surface area contributed by atoms with E-state index in [0.717, 1.165) is 12.8 Å². The zero-order valence-electron chi connectivity index (χ0n) is 13.5. The molecule has 0 spiro atoms. The molecule has 1 fully saturated rings. The number of unbranched alkanes of at least 4 members (excludes halogenated alkanes) is 1. The molecular formula is C17H28O5. The van der Waals surface area contributed by atoms with Gasteiger partial charge in [0, 0.05) is 24.7 Å². The van der Waals surface area contributed by atoms with Crippen LogP contribution in [0.4, 0.5) is 0 Å². The Morgan fingerprint density at radius 1 is 1.45 bits per heavy atom. The monoisotopic (exact) mass is 312 g/mol. The SMILES string of the molecule is CCCCC(C)(O)C/C=C/[C@H]1[C@H](O)CC(=O)[C@@H]1CCC(=O)O. The van der Waals surface area contributed by atoms with E-state index in [0.29, 0.717) is 12.8 Å². The Morgan fingerprint density at radius 2 is 2.14 bits per heavy atom. The van der Waals surface area contributed by atoms with E-state index in [-0.39, 0.29) is 31.0 Å². The topological polar surface area (TPSA) is 94.8 Å².